The molecule has 0 saturated carbocycles. The van der Waals surface area contributed by atoms with E-state index in [1.165, 1.54) is 38.8 Å². The minimum Gasteiger partial charge on any atom is -0.370 e. The van der Waals surface area contributed by atoms with Crippen LogP contribution in [0.1, 0.15) is 56.9 Å². The van der Waals surface area contributed by atoms with Crippen LogP contribution in [0.2, 0.25) is 0 Å². The van der Waals surface area contributed by atoms with E-state index in [1.807, 2.05) is 6.07 Å². The fourth-order valence-electron chi connectivity index (χ4n) is 4.25. The molecule has 0 spiro atoms. The lowest BCUT2D eigenvalue weighted by atomic mass is 9.76. The Hall–Kier alpha value is -1.62. The van der Waals surface area contributed by atoms with Gasteiger partial charge in [-0.1, -0.05) is 20.8 Å². The van der Waals surface area contributed by atoms with Gasteiger partial charge in [-0.15, -0.1) is 0 Å². The average Bonchev–Trinajstić information content (AvgIpc) is 2.61. The predicted octanol–water partition coefficient (Wildman–Crippen LogP) is 2.91. The third-order valence-electron chi connectivity index (χ3n) is 6.02. The van der Waals surface area contributed by atoms with Gasteiger partial charge in [-0.05, 0) is 55.7 Å². The molecule has 1 unspecified atom stereocenters. The molecule has 1 atom stereocenters. The molecule has 2 fully saturated rings. The molecule has 2 N–H and O–H groups in total. The number of nitrogens with two attached hydrogens (primary N) is 1. The standard InChI is InChI=1S/C20H32N4O/c1-20(2,3)15-5-4-10-24(14-15)16-8-11-23(12-9-16)17-6-7-18(19(21)25)22-13-17/h6-7,13,15-16H,4-5,8-12,14H2,1-3H3,(H2,21,25). The van der Waals surface area contributed by atoms with Crippen LogP contribution in [-0.4, -0.2) is 48.0 Å². The smallest absolute Gasteiger partial charge is 0.267 e. The van der Waals surface area contributed by atoms with Gasteiger partial charge in [0.05, 0.1) is 11.9 Å². The summed E-state index contributed by atoms with van der Waals surface area (Å²) in [5.41, 5.74) is 7.10. The third-order valence-corrected chi connectivity index (χ3v) is 6.02. The van der Waals surface area contributed by atoms with Crippen molar-refractivity contribution in [2.24, 2.45) is 17.1 Å². The first kappa shape index (κ1) is 18.2. The normalized spacial score (nSPS) is 23.6. The summed E-state index contributed by atoms with van der Waals surface area (Å²) in [6, 6.07) is 4.39. The fourth-order valence-corrected chi connectivity index (χ4v) is 4.25. The second-order valence-electron chi connectivity index (χ2n) is 8.68. The SMILES string of the molecule is CC(C)(C)C1CCCN(C2CCN(c3ccc(C(N)=O)nc3)CC2)C1. The van der Waals surface area contributed by atoms with Crippen LogP contribution < -0.4 is 10.6 Å². The molecule has 138 valence electrons. The number of piperidine rings is 2. The fraction of sp³-hybridized carbons (Fsp3) is 0.700. The second kappa shape index (κ2) is 7.32. The Morgan fingerprint density at radius 2 is 1.88 bits per heavy atom. The molecule has 0 radical (unpaired) electrons. The van der Waals surface area contributed by atoms with Crippen LogP contribution in [-0.2, 0) is 0 Å². The number of likely N-dealkylation sites (tertiary alicyclic amines) is 1. The Balaban J connectivity index is 1.55. The van der Waals surface area contributed by atoms with Crippen molar-refractivity contribution in [3.8, 4) is 0 Å². The summed E-state index contributed by atoms with van der Waals surface area (Å²) in [7, 11) is 0. The summed E-state index contributed by atoms with van der Waals surface area (Å²) in [5, 5.41) is 0. The van der Waals surface area contributed by atoms with Crippen LogP contribution in [0.25, 0.3) is 0 Å². The topological polar surface area (TPSA) is 62.5 Å². The number of primary amides is 1. The van der Waals surface area contributed by atoms with Gasteiger partial charge in [0.1, 0.15) is 5.69 Å². The van der Waals surface area contributed by atoms with Crippen molar-refractivity contribution >= 4 is 11.6 Å². The largest absolute Gasteiger partial charge is 0.370 e. The van der Waals surface area contributed by atoms with E-state index < -0.39 is 5.91 Å². The van der Waals surface area contributed by atoms with Crippen molar-refractivity contribution in [1.82, 2.24) is 9.88 Å². The summed E-state index contributed by atoms with van der Waals surface area (Å²) in [6.45, 7) is 11.8. The molecule has 1 aromatic rings. The zero-order chi connectivity index (χ0) is 18.0. The summed E-state index contributed by atoms with van der Waals surface area (Å²) >= 11 is 0. The van der Waals surface area contributed by atoms with Gasteiger partial charge in [0.25, 0.3) is 5.91 Å². The number of nitrogens with zero attached hydrogens (tertiary/aromatic N) is 3. The number of anilines is 1. The molecule has 3 rings (SSSR count). The van der Waals surface area contributed by atoms with Crippen molar-refractivity contribution in [1.29, 1.82) is 0 Å². The van der Waals surface area contributed by atoms with Crippen molar-refractivity contribution in [3.05, 3.63) is 24.0 Å². The molecule has 5 nitrogen and oxygen atoms in total. The van der Waals surface area contributed by atoms with Gasteiger partial charge in [0.2, 0.25) is 0 Å². The summed E-state index contributed by atoms with van der Waals surface area (Å²) in [5.74, 6) is 0.341. The maximum atomic E-state index is 11.1. The molecule has 1 amide bonds. The molecule has 0 aromatic carbocycles. The Morgan fingerprint density at radius 3 is 2.44 bits per heavy atom. The lowest BCUT2D eigenvalue weighted by molar-refractivity contribution is 0.0593. The Bertz CT molecular complexity index is 585. The number of pyridine rings is 1. The van der Waals surface area contributed by atoms with E-state index in [1.54, 1.807) is 12.3 Å². The van der Waals surface area contributed by atoms with E-state index in [-0.39, 0.29) is 0 Å². The van der Waals surface area contributed by atoms with Crippen molar-refractivity contribution in [2.75, 3.05) is 31.1 Å². The molecule has 0 aliphatic carbocycles. The number of carbonyl (C=O) groups is 1. The van der Waals surface area contributed by atoms with Crippen molar-refractivity contribution in [2.45, 2.75) is 52.5 Å². The number of hydrogen-bond acceptors (Lipinski definition) is 4. The molecular weight excluding hydrogens is 312 g/mol. The van der Waals surface area contributed by atoms with Crippen LogP contribution in [0.3, 0.4) is 0 Å². The molecule has 3 heterocycles. The monoisotopic (exact) mass is 344 g/mol. The zero-order valence-electron chi connectivity index (χ0n) is 15.9. The zero-order valence-corrected chi connectivity index (χ0v) is 15.9. The lowest BCUT2D eigenvalue weighted by Crippen LogP contribution is -2.50. The van der Waals surface area contributed by atoms with Crippen LogP contribution in [0.4, 0.5) is 5.69 Å². The minimum atomic E-state index is -0.469. The Labute approximate surface area is 151 Å². The Kier molecular flexibility index (Phi) is 5.32. The van der Waals surface area contributed by atoms with Gasteiger partial charge in [-0.2, -0.15) is 0 Å². The quantitative estimate of drug-likeness (QED) is 0.916. The van der Waals surface area contributed by atoms with Gasteiger partial charge < -0.3 is 10.6 Å². The lowest BCUT2D eigenvalue weighted by Gasteiger charge is -2.45. The minimum absolute atomic E-state index is 0.333. The predicted molar refractivity (Wildman–Crippen MR) is 102 cm³/mol. The average molecular weight is 345 g/mol. The summed E-state index contributed by atoms with van der Waals surface area (Å²) < 4.78 is 0. The van der Waals surface area contributed by atoms with Crippen LogP contribution >= 0.6 is 0 Å². The van der Waals surface area contributed by atoms with Crippen LogP contribution in [0.15, 0.2) is 18.3 Å². The second-order valence-corrected chi connectivity index (χ2v) is 8.68. The first-order valence-corrected chi connectivity index (χ1v) is 9.59. The number of aromatic nitrogens is 1. The summed E-state index contributed by atoms with van der Waals surface area (Å²) in [4.78, 5) is 20.4. The molecule has 0 bridgehead atoms. The highest BCUT2D eigenvalue weighted by Gasteiger charge is 2.33. The molecule has 2 saturated heterocycles. The van der Waals surface area contributed by atoms with Crippen LogP contribution in [0.5, 0.6) is 0 Å². The van der Waals surface area contributed by atoms with E-state index in [2.05, 4.69) is 35.6 Å². The van der Waals surface area contributed by atoms with Crippen molar-refractivity contribution in [3.63, 3.8) is 0 Å². The van der Waals surface area contributed by atoms with Crippen LogP contribution in [0, 0.1) is 11.3 Å². The van der Waals surface area contributed by atoms with Gasteiger partial charge in [0.15, 0.2) is 0 Å². The molecule has 1 aromatic heterocycles. The molecule has 5 heteroatoms. The van der Waals surface area contributed by atoms with E-state index in [4.69, 9.17) is 5.73 Å². The van der Waals surface area contributed by atoms with Gasteiger partial charge in [-0.3, -0.25) is 9.69 Å². The Morgan fingerprint density at radius 1 is 1.16 bits per heavy atom. The van der Waals surface area contributed by atoms with Gasteiger partial charge in [-0.25, -0.2) is 4.98 Å². The molecule has 2 aliphatic heterocycles. The summed E-state index contributed by atoms with van der Waals surface area (Å²) in [6.07, 6.45) is 6.89. The third kappa shape index (κ3) is 4.32. The van der Waals surface area contributed by atoms with Gasteiger partial charge >= 0.3 is 0 Å². The maximum Gasteiger partial charge on any atom is 0.267 e. The number of carbonyl (C=O) groups excluding carboxylic acids is 1. The highest BCUT2D eigenvalue weighted by molar-refractivity contribution is 5.90. The number of hydrogen-bond donors (Lipinski definition) is 1. The van der Waals surface area contributed by atoms with E-state index in [9.17, 15) is 4.79 Å². The highest BCUT2D eigenvalue weighted by atomic mass is 16.1. The highest BCUT2D eigenvalue weighted by Crippen LogP contribution is 2.35. The number of amides is 1. The molecule has 25 heavy (non-hydrogen) atoms. The first-order chi connectivity index (χ1) is 11.8. The van der Waals surface area contributed by atoms with E-state index >= 15 is 0 Å². The van der Waals surface area contributed by atoms with E-state index in [0.717, 1.165) is 24.7 Å². The van der Waals surface area contributed by atoms with Crippen molar-refractivity contribution < 1.29 is 4.79 Å². The molecular formula is C20H32N4O. The number of rotatable bonds is 3. The first-order valence-electron chi connectivity index (χ1n) is 9.59. The van der Waals surface area contributed by atoms with Gasteiger partial charge in [0, 0.05) is 25.7 Å². The molecule has 2 aliphatic rings. The van der Waals surface area contributed by atoms with E-state index in [0.29, 0.717) is 17.2 Å². The maximum absolute atomic E-state index is 11.1.